The molecule has 1 aliphatic heterocycles. The quantitative estimate of drug-likeness (QED) is 0.460. The number of nitro benzene ring substituents is 1. The summed E-state index contributed by atoms with van der Waals surface area (Å²) < 4.78 is 11.0. The highest BCUT2D eigenvalue weighted by molar-refractivity contribution is 8.18. The second-order valence-electron chi connectivity index (χ2n) is 5.48. The zero-order chi connectivity index (χ0) is 19.4. The van der Waals surface area contributed by atoms with Gasteiger partial charge in [0.15, 0.2) is 11.5 Å². The third-order valence-electron chi connectivity index (χ3n) is 3.64. The molecule has 1 saturated heterocycles. The van der Waals surface area contributed by atoms with Gasteiger partial charge in [0, 0.05) is 12.1 Å². The fourth-order valence-corrected chi connectivity index (χ4v) is 3.07. The van der Waals surface area contributed by atoms with Gasteiger partial charge in [0.2, 0.25) is 0 Å². The molecule has 2 aromatic carbocycles. The summed E-state index contributed by atoms with van der Waals surface area (Å²) in [5.41, 5.74) is 1.31. The smallest absolute Gasteiger partial charge is 0.290 e. The van der Waals surface area contributed by atoms with E-state index in [9.17, 15) is 19.7 Å². The van der Waals surface area contributed by atoms with Gasteiger partial charge in [-0.05, 0) is 41.1 Å². The Balaban J connectivity index is 1.76. The zero-order valence-electron chi connectivity index (χ0n) is 14.1. The first-order chi connectivity index (χ1) is 13.0. The number of hydrogen-bond donors (Lipinski definition) is 1. The van der Waals surface area contributed by atoms with Crippen molar-refractivity contribution in [2.24, 2.45) is 0 Å². The minimum atomic E-state index is -0.464. The molecule has 9 heteroatoms. The van der Waals surface area contributed by atoms with Crippen LogP contribution in [-0.2, 0) is 11.4 Å². The van der Waals surface area contributed by atoms with Crippen molar-refractivity contribution < 1.29 is 24.0 Å². The molecule has 0 unspecified atom stereocenters. The molecule has 0 atom stereocenters. The number of nitro groups is 1. The molecule has 8 nitrogen and oxygen atoms in total. The van der Waals surface area contributed by atoms with Gasteiger partial charge >= 0.3 is 0 Å². The maximum absolute atomic E-state index is 11.6. The van der Waals surface area contributed by atoms with E-state index >= 15 is 0 Å². The van der Waals surface area contributed by atoms with Crippen molar-refractivity contribution in [3.05, 3.63) is 68.6 Å². The summed E-state index contributed by atoms with van der Waals surface area (Å²) in [6.45, 7) is 0.130. The zero-order valence-corrected chi connectivity index (χ0v) is 14.9. The Morgan fingerprint density at radius 3 is 2.67 bits per heavy atom. The van der Waals surface area contributed by atoms with Gasteiger partial charge in [0.1, 0.15) is 6.61 Å². The lowest BCUT2D eigenvalue weighted by atomic mass is 10.1. The van der Waals surface area contributed by atoms with Crippen LogP contribution in [0.15, 0.2) is 47.4 Å². The summed E-state index contributed by atoms with van der Waals surface area (Å²) in [6, 6.07) is 11.2. The van der Waals surface area contributed by atoms with Gasteiger partial charge in [-0.25, -0.2) is 0 Å². The number of carbonyl (C=O) groups is 2. The first kappa shape index (κ1) is 18.5. The van der Waals surface area contributed by atoms with Crippen LogP contribution >= 0.6 is 11.8 Å². The van der Waals surface area contributed by atoms with Gasteiger partial charge in [0.25, 0.3) is 16.8 Å². The molecule has 1 aliphatic rings. The van der Waals surface area contributed by atoms with E-state index in [0.717, 1.165) is 11.8 Å². The highest BCUT2D eigenvalue weighted by Gasteiger charge is 2.25. The molecule has 0 spiro atoms. The number of carbonyl (C=O) groups excluding carboxylic acids is 2. The Bertz CT molecular complexity index is 957. The molecule has 3 rings (SSSR count). The van der Waals surface area contributed by atoms with E-state index in [4.69, 9.17) is 9.47 Å². The number of amides is 2. The van der Waals surface area contributed by atoms with Crippen molar-refractivity contribution in [3.63, 3.8) is 0 Å². The molecule has 0 aliphatic carbocycles. The average molecular weight is 386 g/mol. The minimum absolute atomic E-state index is 0.00748. The van der Waals surface area contributed by atoms with Crippen molar-refractivity contribution in [2.45, 2.75) is 6.61 Å². The maximum atomic E-state index is 11.6. The SMILES string of the molecule is COc1cc(/C=C2/SC(=O)NC2=O)ccc1OCc1cccc([N+](=O)[O-])c1. The van der Waals surface area contributed by atoms with E-state index in [1.165, 1.54) is 19.2 Å². The number of benzene rings is 2. The molecule has 0 aromatic heterocycles. The number of ether oxygens (including phenoxy) is 2. The van der Waals surface area contributed by atoms with E-state index in [2.05, 4.69) is 5.32 Å². The number of non-ortho nitro benzene ring substituents is 1. The summed E-state index contributed by atoms with van der Waals surface area (Å²) in [5.74, 6) is 0.449. The molecule has 0 bridgehead atoms. The third-order valence-corrected chi connectivity index (χ3v) is 4.45. The van der Waals surface area contributed by atoms with Crippen LogP contribution in [0, 0.1) is 10.1 Å². The van der Waals surface area contributed by atoms with Crippen molar-refractivity contribution in [2.75, 3.05) is 7.11 Å². The lowest BCUT2D eigenvalue weighted by Crippen LogP contribution is -2.17. The predicted molar refractivity (Wildman–Crippen MR) is 99.5 cm³/mol. The van der Waals surface area contributed by atoms with E-state index in [0.29, 0.717) is 27.5 Å². The predicted octanol–water partition coefficient (Wildman–Crippen LogP) is 3.51. The topological polar surface area (TPSA) is 108 Å². The highest BCUT2D eigenvalue weighted by atomic mass is 32.2. The van der Waals surface area contributed by atoms with Gasteiger partial charge in [-0.1, -0.05) is 18.2 Å². The number of nitrogens with one attached hydrogen (secondary N) is 1. The lowest BCUT2D eigenvalue weighted by molar-refractivity contribution is -0.384. The van der Waals surface area contributed by atoms with Crippen LogP contribution in [0.1, 0.15) is 11.1 Å². The second-order valence-corrected chi connectivity index (χ2v) is 6.49. The number of hydrogen-bond acceptors (Lipinski definition) is 7. The third kappa shape index (κ3) is 4.45. The van der Waals surface area contributed by atoms with Crippen LogP contribution < -0.4 is 14.8 Å². The highest BCUT2D eigenvalue weighted by Crippen LogP contribution is 2.32. The normalized spacial score (nSPS) is 14.9. The van der Waals surface area contributed by atoms with Crippen molar-refractivity contribution in [1.29, 1.82) is 0 Å². The molecular weight excluding hydrogens is 372 g/mol. The van der Waals surface area contributed by atoms with E-state index < -0.39 is 16.1 Å². The number of rotatable bonds is 6. The van der Waals surface area contributed by atoms with Gasteiger partial charge < -0.3 is 9.47 Å². The van der Waals surface area contributed by atoms with Gasteiger partial charge in [-0.3, -0.25) is 25.0 Å². The largest absolute Gasteiger partial charge is 0.493 e. The Kier molecular flexibility index (Phi) is 5.41. The fourth-order valence-electron chi connectivity index (χ4n) is 2.39. The van der Waals surface area contributed by atoms with E-state index in [1.54, 1.807) is 36.4 Å². The fraction of sp³-hybridized carbons (Fsp3) is 0.111. The Morgan fingerprint density at radius 1 is 1.19 bits per heavy atom. The number of imide groups is 1. The van der Waals surface area contributed by atoms with Crippen molar-refractivity contribution in [3.8, 4) is 11.5 Å². The molecular formula is C18H14N2O6S. The summed E-state index contributed by atoms with van der Waals surface area (Å²) >= 11 is 0.832. The van der Waals surface area contributed by atoms with Gasteiger partial charge in [-0.15, -0.1) is 0 Å². The maximum Gasteiger partial charge on any atom is 0.290 e. The lowest BCUT2D eigenvalue weighted by Gasteiger charge is -2.11. The van der Waals surface area contributed by atoms with Gasteiger partial charge in [-0.2, -0.15) is 0 Å². The minimum Gasteiger partial charge on any atom is -0.493 e. The summed E-state index contributed by atoms with van der Waals surface area (Å²) in [4.78, 5) is 33.5. The van der Waals surface area contributed by atoms with E-state index in [-0.39, 0.29) is 12.3 Å². The molecule has 27 heavy (non-hydrogen) atoms. The first-order valence-electron chi connectivity index (χ1n) is 7.75. The van der Waals surface area contributed by atoms with Crippen molar-refractivity contribution >= 4 is 34.7 Å². The molecule has 2 aromatic rings. The van der Waals surface area contributed by atoms with E-state index in [1.807, 2.05) is 0 Å². The molecule has 1 N–H and O–H groups in total. The molecule has 1 fully saturated rings. The molecule has 138 valence electrons. The number of thioether (sulfide) groups is 1. The number of nitrogens with zero attached hydrogens (tertiary/aromatic N) is 1. The molecule has 2 amide bonds. The molecule has 0 radical (unpaired) electrons. The molecule has 0 saturated carbocycles. The van der Waals surface area contributed by atoms with Crippen LogP contribution in [0.3, 0.4) is 0 Å². The Hall–Kier alpha value is -3.33. The standard InChI is InChI=1S/C18H14N2O6S/c1-25-15-8-11(9-16-17(21)19-18(22)27-16)5-6-14(15)26-10-12-3-2-4-13(7-12)20(23)24/h2-9H,10H2,1H3,(H,19,21,22)/b16-9+. The van der Waals surface area contributed by atoms with Gasteiger partial charge in [0.05, 0.1) is 16.9 Å². The number of methoxy groups -OCH3 is 1. The summed E-state index contributed by atoms with van der Waals surface area (Å²) in [7, 11) is 1.48. The van der Waals surface area contributed by atoms with Crippen LogP contribution in [0.25, 0.3) is 6.08 Å². The monoisotopic (exact) mass is 386 g/mol. The Morgan fingerprint density at radius 2 is 2.00 bits per heavy atom. The van der Waals surface area contributed by atoms with Crippen molar-refractivity contribution in [1.82, 2.24) is 5.32 Å². The van der Waals surface area contributed by atoms with Crippen LogP contribution in [-0.4, -0.2) is 23.2 Å². The first-order valence-corrected chi connectivity index (χ1v) is 8.57. The second kappa shape index (κ2) is 7.92. The Labute approximate surface area is 158 Å². The van der Waals surface area contributed by atoms with Crippen LogP contribution in [0.2, 0.25) is 0 Å². The summed E-state index contributed by atoms with van der Waals surface area (Å²) in [5, 5.41) is 12.6. The molecule has 1 heterocycles. The average Bonchev–Trinajstić information content (AvgIpc) is 2.97. The van der Waals surface area contributed by atoms with Crippen LogP contribution in [0.4, 0.5) is 10.5 Å². The summed E-state index contributed by atoms with van der Waals surface area (Å²) in [6.07, 6.45) is 1.58. The van der Waals surface area contributed by atoms with Crippen LogP contribution in [0.5, 0.6) is 11.5 Å².